The van der Waals surface area contributed by atoms with E-state index in [1.807, 2.05) is 4.90 Å². The van der Waals surface area contributed by atoms with Crippen molar-refractivity contribution in [2.45, 2.75) is 19.4 Å². The number of benzene rings is 1. The van der Waals surface area contributed by atoms with Crippen molar-refractivity contribution in [1.82, 2.24) is 9.80 Å². The number of halogens is 2. The number of carbonyl (C=O) groups is 2. The zero-order valence-corrected chi connectivity index (χ0v) is 15.5. The molecule has 144 valence electrons. The molecule has 2 aliphatic heterocycles. The van der Waals surface area contributed by atoms with Crippen molar-refractivity contribution in [2.24, 2.45) is 5.41 Å². The van der Waals surface area contributed by atoms with Crippen LogP contribution in [0.3, 0.4) is 0 Å². The molecule has 2 heterocycles. The van der Waals surface area contributed by atoms with Gasteiger partial charge in [0.25, 0.3) is 6.47 Å². The Morgan fingerprint density at radius 2 is 2.08 bits per heavy atom. The highest BCUT2D eigenvalue weighted by Crippen LogP contribution is 2.41. The molecule has 0 aliphatic carbocycles. The zero-order chi connectivity index (χ0) is 19.2. The number of ether oxygens (including phenoxy) is 1. The molecule has 1 atom stereocenters. The van der Waals surface area contributed by atoms with E-state index in [9.17, 15) is 9.18 Å². The van der Waals surface area contributed by atoms with Gasteiger partial charge in [0.05, 0.1) is 12.0 Å². The summed E-state index contributed by atoms with van der Waals surface area (Å²) in [5.41, 5.74) is 0.305. The Kier molecular flexibility index (Phi) is 7.37. The third-order valence-electron chi connectivity index (χ3n) is 5.00. The van der Waals surface area contributed by atoms with Gasteiger partial charge < -0.3 is 14.7 Å². The van der Waals surface area contributed by atoms with Crippen LogP contribution in [-0.2, 0) is 20.9 Å². The Labute approximate surface area is 157 Å². The first-order chi connectivity index (χ1) is 12.5. The summed E-state index contributed by atoms with van der Waals surface area (Å²) in [6.45, 7) is 3.78. The van der Waals surface area contributed by atoms with Crippen LogP contribution in [0.5, 0.6) is 0 Å². The van der Waals surface area contributed by atoms with Crippen LogP contribution in [0.25, 0.3) is 0 Å². The van der Waals surface area contributed by atoms with Crippen LogP contribution in [0.2, 0.25) is 5.02 Å². The Hall–Kier alpha value is -1.70. The summed E-state index contributed by atoms with van der Waals surface area (Å²) in [6, 6.07) is 4.62. The molecule has 1 aromatic carbocycles. The molecule has 1 amide bonds. The molecule has 8 heteroatoms. The number of rotatable bonds is 5. The van der Waals surface area contributed by atoms with Crippen molar-refractivity contribution >= 4 is 24.0 Å². The molecule has 0 aromatic heterocycles. The molecule has 0 radical (unpaired) electrons. The van der Waals surface area contributed by atoms with Gasteiger partial charge in [-0.05, 0) is 37.6 Å². The lowest BCUT2D eigenvalue weighted by atomic mass is 9.85. The average Bonchev–Trinajstić information content (AvgIpc) is 3.15. The van der Waals surface area contributed by atoms with Crippen LogP contribution in [0.1, 0.15) is 18.4 Å². The number of hydrogen-bond acceptors (Lipinski definition) is 4. The highest BCUT2D eigenvalue weighted by Gasteiger charge is 2.50. The van der Waals surface area contributed by atoms with E-state index in [1.165, 1.54) is 6.07 Å². The molecule has 1 unspecified atom stereocenters. The lowest BCUT2D eigenvalue weighted by Crippen LogP contribution is -2.38. The largest absolute Gasteiger partial charge is 0.483 e. The van der Waals surface area contributed by atoms with E-state index in [-0.39, 0.29) is 23.6 Å². The molecule has 2 saturated heterocycles. The Balaban J connectivity index is 0.000000758. The molecule has 0 bridgehead atoms. The number of carbonyl (C=O) groups excluding carboxylic acids is 1. The maximum absolute atomic E-state index is 13.9. The third-order valence-corrected chi connectivity index (χ3v) is 5.24. The first-order valence-corrected chi connectivity index (χ1v) is 8.86. The van der Waals surface area contributed by atoms with Gasteiger partial charge in [0.2, 0.25) is 5.91 Å². The summed E-state index contributed by atoms with van der Waals surface area (Å²) in [7, 11) is 1.65. The van der Waals surface area contributed by atoms with Gasteiger partial charge in [0.15, 0.2) is 0 Å². The van der Waals surface area contributed by atoms with Gasteiger partial charge >= 0.3 is 0 Å². The minimum Gasteiger partial charge on any atom is -0.483 e. The number of amides is 1. The second-order valence-corrected chi connectivity index (χ2v) is 7.05. The predicted octanol–water partition coefficient (Wildman–Crippen LogP) is 2.25. The number of nitrogens with zero attached hydrogens (tertiary/aromatic N) is 2. The van der Waals surface area contributed by atoms with Gasteiger partial charge in [0, 0.05) is 43.9 Å². The summed E-state index contributed by atoms with van der Waals surface area (Å²) in [5.74, 6) is -0.0153. The summed E-state index contributed by atoms with van der Waals surface area (Å²) < 4.78 is 19.0. The van der Waals surface area contributed by atoms with E-state index in [0.717, 1.165) is 25.9 Å². The average molecular weight is 387 g/mol. The Morgan fingerprint density at radius 1 is 1.38 bits per heavy atom. The minimum absolute atomic E-state index is 0.226. The minimum atomic E-state index is -0.289. The van der Waals surface area contributed by atoms with E-state index in [2.05, 4.69) is 4.90 Å². The van der Waals surface area contributed by atoms with E-state index in [1.54, 1.807) is 19.2 Å². The topological polar surface area (TPSA) is 70.1 Å². The van der Waals surface area contributed by atoms with Crippen LogP contribution in [0, 0.1) is 11.2 Å². The highest BCUT2D eigenvalue weighted by atomic mass is 35.5. The van der Waals surface area contributed by atoms with E-state index >= 15 is 0 Å². The van der Waals surface area contributed by atoms with Crippen LogP contribution in [0.4, 0.5) is 4.39 Å². The molecular weight excluding hydrogens is 363 g/mol. The molecule has 1 aromatic rings. The lowest BCUT2D eigenvalue weighted by molar-refractivity contribution is -0.136. The summed E-state index contributed by atoms with van der Waals surface area (Å²) >= 11 is 5.96. The van der Waals surface area contributed by atoms with Gasteiger partial charge in [-0.3, -0.25) is 14.5 Å². The standard InChI is InChI=1S/C17H22ClFN2O2.CH2O2/c1-23-9-8-21-7-5-17(16(21)22)4-6-20(12-17)11-13-10-14(18)2-3-15(13)19;2-1-3/h2-3,10H,4-9,11-12H2,1H3;1H,(H,2,3). The normalized spacial score (nSPS) is 22.6. The van der Waals surface area contributed by atoms with Crippen LogP contribution in [-0.4, -0.2) is 67.2 Å². The van der Waals surface area contributed by atoms with Gasteiger partial charge in [-0.2, -0.15) is 0 Å². The second kappa shape index (κ2) is 9.30. The number of likely N-dealkylation sites (tertiary alicyclic amines) is 2. The second-order valence-electron chi connectivity index (χ2n) is 6.62. The first-order valence-electron chi connectivity index (χ1n) is 8.48. The Morgan fingerprint density at radius 3 is 2.77 bits per heavy atom. The zero-order valence-electron chi connectivity index (χ0n) is 14.8. The SMILES string of the molecule is COCCN1CCC2(CCN(Cc3cc(Cl)ccc3F)C2)C1=O.O=CO. The van der Waals surface area contributed by atoms with Crippen LogP contribution >= 0.6 is 11.6 Å². The monoisotopic (exact) mass is 386 g/mol. The maximum Gasteiger partial charge on any atom is 0.290 e. The fraction of sp³-hybridized carbons (Fsp3) is 0.556. The highest BCUT2D eigenvalue weighted by molar-refractivity contribution is 6.30. The van der Waals surface area contributed by atoms with Gasteiger partial charge in [-0.1, -0.05) is 11.6 Å². The van der Waals surface area contributed by atoms with E-state index in [4.69, 9.17) is 26.2 Å². The molecule has 26 heavy (non-hydrogen) atoms. The summed E-state index contributed by atoms with van der Waals surface area (Å²) in [4.78, 5) is 25.1. The summed E-state index contributed by atoms with van der Waals surface area (Å²) in [6.07, 6.45) is 1.72. The quantitative estimate of drug-likeness (QED) is 0.786. The van der Waals surface area contributed by atoms with Gasteiger partial charge in [-0.25, -0.2) is 4.39 Å². The third kappa shape index (κ3) is 4.72. The molecular formula is C18H24ClFN2O4. The van der Waals surface area contributed by atoms with E-state index < -0.39 is 0 Å². The summed E-state index contributed by atoms with van der Waals surface area (Å²) in [5, 5.41) is 7.43. The maximum atomic E-state index is 13.9. The van der Waals surface area contributed by atoms with Gasteiger partial charge in [-0.15, -0.1) is 0 Å². The fourth-order valence-electron chi connectivity index (χ4n) is 3.68. The molecule has 3 rings (SSSR count). The van der Waals surface area contributed by atoms with Gasteiger partial charge in [0.1, 0.15) is 5.82 Å². The molecule has 1 N–H and O–H groups in total. The molecule has 2 aliphatic rings. The smallest absolute Gasteiger partial charge is 0.290 e. The van der Waals surface area contributed by atoms with E-state index in [0.29, 0.717) is 36.8 Å². The first kappa shape index (κ1) is 20.6. The van der Waals surface area contributed by atoms with Crippen molar-refractivity contribution < 1.29 is 23.8 Å². The van der Waals surface area contributed by atoms with Crippen LogP contribution in [0.15, 0.2) is 18.2 Å². The molecule has 2 fully saturated rings. The van der Waals surface area contributed by atoms with Crippen molar-refractivity contribution in [3.63, 3.8) is 0 Å². The fourth-order valence-corrected chi connectivity index (χ4v) is 3.88. The molecule has 6 nitrogen and oxygen atoms in total. The number of methoxy groups -OCH3 is 1. The number of carboxylic acid groups (broad SMARTS) is 1. The molecule has 1 spiro atoms. The predicted molar refractivity (Wildman–Crippen MR) is 95.5 cm³/mol. The number of hydrogen-bond donors (Lipinski definition) is 1. The van der Waals surface area contributed by atoms with Crippen molar-refractivity contribution in [1.29, 1.82) is 0 Å². The van der Waals surface area contributed by atoms with Crippen molar-refractivity contribution in [2.75, 3.05) is 39.9 Å². The van der Waals surface area contributed by atoms with Crippen molar-refractivity contribution in [3.05, 3.63) is 34.6 Å². The van der Waals surface area contributed by atoms with Crippen LogP contribution < -0.4 is 0 Å². The lowest BCUT2D eigenvalue weighted by Gasteiger charge is -2.23. The molecule has 0 saturated carbocycles. The Bertz CT molecular complexity index is 646. The van der Waals surface area contributed by atoms with Crippen molar-refractivity contribution in [3.8, 4) is 0 Å².